The smallest absolute Gasteiger partial charge is 0.432 e. The average Bonchev–Trinajstić information content (AvgIpc) is 3.48. The Balaban J connectivity index is 1.52. The van der Waals surface area contributed by atoms with E-state index in [9.17, 15) is 15.2 Å². The number of nitriles is 1. The van der Waals surface area contributed by atoms with Gasteiger partial charge in [0.05, 0.1) is 22.5 Å². The lowest BCUT2D eigenvalue weighted by Gasteiger charge is -2.25. The molecule has 0 radical (unpaired) electrons. The summed E-state index contributed by atoms with van der Waals surface area (Å²) in [7, 11) is 0. The van der Waals surface area contributed by atoms with Crippen LogP contribution in [0.1, 0.15) is 60.2 Å². The molecule has 0 unspecified atom stereocenters. The second kappa shape index (κ2) is 6.75. The second-order valence-electron chi connectivity index (χ2n) is 7.51. The Labute approximate surface area is 171 Å². The van der Waals surface area contributed by atoms with Crippen LogP contribution in [0.4, 0.5) is 4.79 Å². The van der Waals surface area contributed by atoms with Crippen LogP contribution in [0.5, 0.6) is 5.75 Å². The zero-order valence-electron chi connectivity index (χ0n) is 15.4. The van der Waals surface area contributed by atoms with E-state index in [1.54, 1.807) is 18.2 Å². The van der Waals surface area contributed by atoms with E-state index in [0.29, 0.717) is 22.7 Å². The SMILES string of the molecule is N#Cc1cc2c(nc1Cl)[C@@H](Oc1ccc3c(c1)c(C1CC1)nn3C(=O)O)CCC2. The summed E-state index contributed by atoms with van der Waals surface area (Å²) in [5.41, 5.74) is 3.51. The first kappa shape index (κ1) is 18.0. The zero-order valence-corrected chi connectivity index (χ0v) is 16.2. The van der Waals surface area contributed by atoms with Gasteiger partial charge in [-0.2, -0.15) is 15.0 Å². The summed E-state index contributed by atoms with van der Waals surface area (Å²) in [6.07, 6.45) is 3.25. The van der Waals surface area contributed by atoms with Gasteiger partial charge >= 0.3 is 6.09 Å². The molecular weight excluding hydrogens is 392 g/mol. The number of halogens is 1. The fourth-order valence-corrected chi connectivity index (χ4v) is 4.18. The number of carboxylic acid groups (broad SMARTS) is 1. The lowest BCUT2D eigenvalue weighted by Crippen LogP contribution is -2.17. The van der Waals surface area contributed by atoms with Crippen LogP contribution >= 0.6 is 11.6 Å². The minimum atomic E-state index is -1.09. The molecule has 2 aliphatic carbocycles. The van der Waals surface area contributed by atoms with E-state index in [2.05, 4.69) is 16.2 Å². The van der Waals surface area contributed by atoms with Gasteiger partial charge in [-0.25, -0.2) is 9.78 Å². The Morgan fingerprint density at radius 1 is 1.28 bits per heavy atom. The molecule has 8 heteroatoms. The number of pyridine rings is 1. The molecule has 146 valence electrons. The van der Waals surface area contributed by atoms with E-state index in [0.717, 1.165) is 59.1 Å². The van der Waals surface area contributed by atoms with Crippen molar-refractivity contribution in [2.75, 3.05) is 0 Å². The Morgan fingerprint density at radius 3 is 2.83 bits per heavy atom. The van der Waals surface area contributed by atoms with Crippen LogP contribution < -0.4 is 4.74 Å². The second-order valence-corrected chi connectivity index (χ2v) is 7.87. The topological polar surface area (TPSA) is 101 Å². The maximum absolute atomic E-state index is 11.5. The summed E-state index contributed by atoms with van der Waals surface area (Å²) in [5.74, 6) is 0.957. The Hall–Kier alpha value is -3.11. The van der Waals surface area contributed by atoms with Crippen molar-refractivity contribution >= 4 is 28.6 Å². The average molecular weight is 409 g/mol. The highest BCUT2D eigenvalue weighted by Crippen LogP contribution is 2.43. The summed E-state index contributed by atoms with van der Waals surface area (Å²) in [6.45, 7) is 0. The number of nitrogens with zero attached hydrogens (tertiary/aromatic N) is 4. The number of aryl methyl sites for hydroxylation is 1. The summed E-state index contributed by atoms with van der Waals surface area (Å²) < 4.78 is 7.29. The predicted octanol–water partition coefficient (Wildman–Crippen LogP) is 4.82. The van der Waals surface area contributed by atoms with Crippen molar-refractivity contribution in [2.45, 2.75) is 44.1 Å². The van der Waals surface area contributed by atoms with E-state index in [-0.39, 0.29) is 11.3 Å². The highest BCUT2D eigenvalue weighted by Gasteiger charge is 2.31. The van der Waals surface area contributed by atoms with Crippen LogP contribution in [-0.2, 0) is 6.42 Å². The number of aromatic nitrogens is 3. The molecule has 3 aromatic rings. The Bertz CT molecular complexity index is 1190. The zero-order chi connectivity index (χ0) is 20.1. The van der Waals surface area contributed by atoms with Gasteiger partial charge in [0, 0.05) is 11.3 Å². The molecule has 0 bridgehead atoms. The van der Waals surface area contributed by atoms with Crippen LogP contribution in [0.2, 0.25) is 5.15 Å². The van der Waals surface area contributed by atoms with Crippen molar-refractivity contribution in [1.82, 2.24) is 14.8 Å². The molecule has 2 heterocycles. The van der Waals surface area contributed by atoms with Gasteiger partial charge < -0.3 is 9.84 Å². The minimum absolute atomic E-state index is 0.191. The number of hydrogen-bond acceptors (Lipinski definition) is 5. The third kappa shape index (κ3) is 3.10. The first-order valence-electron chi connectivity index (χ1n) is 9.57. The van der Waals surface area contributed by atoms with E-state index in [1.807, 2.05) is 6.07 Å². The molecule has 7 nitrogen and oxygen atoms in total. The molecule has 29 heavy (non-hydrogen) atoms. The van der Waals surface area contributed by atoms with Gasteiger partial charge in [0.25, 0.3) is 0 Å². The summed E-state index contributed by atoms with van der Waals surface area (Å²) in [6, 6.07) is 9.24. The Morgan fingerprint density at radius 2 is 2.10 bits per heavy atom. The molecule has 2 aromatic heterocycles. The maximum atomic E-state index is 11.5. The van der Waals surface area contributed by atoms with Crippen molar-refractivity contribution in [3.05, 3.63) is 51.9 Å². The normalized spacial score (nSPS) is 18.3. The molecule has 1 saturated carbocycles. The van der Waals surface area contributed by atoms with Gasteiger partial charge in [-0.05, 0) is 61.9 Å². The van der Waals surface area contributed by atoms with Gasteiger partial charge in [-0.15, -0.1) is 0 Å². The van der Waals surface area contributed by atoms with Crippen molar-refractivity contribution in [2.24, 2.45) is 0 Å². The largest absolute Gasteiger partial charge is 0.484 e. The van der Waals surface area contributed by atoms with Crippen LogP contribution in [0.25, 0.3) is 10.9 Å². The van der Waals surface area contributed by atoms with Crippen molar-refractivity contribution in [3.63, 3.8) is 0 Å². The molecule has 0 saturated heterocycles. The molecular formula is C21H17ClN4O3. The highest BCUT2D eigenvalue weighted by atomic mass is 35.5. The number of carbonyl (C=O) groups is 1. The fourth-order valence-electron chi connectivity index (χ4n) is 3.99. The van der Waals surface area contributed by atoms with Crippen LogP contribution in [0.3, 0.4) is 0 Å². The van der Waals surface area contributed by atoms with Crippen LogP contribution in [-0.4, -0.2) is 26.0 Å². The van der Waals surface area contributed by atoms with Gasteiger partial charge in [0.15, 0.2) is 0 Å². The van der Waals surface area contributed by atoms with E-state index >= 15 is 0 Å². The van der Waals surface area contributed by atoms with E-state index in [1.165, 1.54) is 0 Å². The van der Waals surface area contributed by atoms with Crippen molar-refractivity contribution in [1.29, 1.82) is 5.26 Å². The lowest BCUT2D eigenvalue weighted by atomic mass is 9.92. The first-order valence-corrected chi connectivity index (χ1v) is 9.95. The predicted molar refractivity (Wildman–Crippen MR) is 105 cm³/mol. The Kier molecular flexibility index (Phi) is 4.18. The van der Waals surface area contributed by atoms with E-state index < -0.39 is 6.09 Å². The molecule has 1 fully saturated rings. The molecule has 0 amide bonds. The third-order valence-electron chi connectivity index (χ3n) is 5.53. The van der Waals surface area contributed by atoms with Gasteiger partial charge in [0.1, 0.15) is 23.1 Å². The van der Waals surface area contributed by atoms with Gasteiger partial charge in [0.2, 0.25) is 0 Å². The van der Waals surface area contributed by atoms with Gasteiger partial charge in [-0.3, -0.25) is 0 Å². The summed E-state index contributed by atoms with van der Waals surface area (Å²) in [5, 5.41) is 23.9. The lowest BCUT2D eigenvalue weighted by molar-refractivity contribution is 0.178. The molecule has 0 spiro atoms. The molecule has 0 aliphatic heterocycles. The molecule has 1 N–H and O–H groups in total. The maximum Gasteiger partial charge on any atom is 0.432 e. The van der Waals surface area contributed by atoms with Crippen LogP contribution in [0.15, 0.2) is 24.3 Å². The monoisotopic (exact) mass is 408 g/mol. The standard InChI is InChI=1S/C21H17ClN4O3/c22-20-13(10-23)8-12-2-1-3-17(19(12)24-20)29-14-6-7-16-15(9-14)18(11-4-5-11)25-26(16)21(27)28/h6-9,11,17H,1-5H2,(H,27,28)/t17-/m0/s1. The molecule has 5 rings (SSSR count). The number of fused-ring (bicyclic) bond motifs is 2. The highest BCUT2D eigenvalue weighted by molar-refractivity contribution is 6.30. The number of hydrogen-bond donors (Lipinski definition) is 1. The third-order valence-corrected chi connectivity index (χ3v) is 5.82. The minimum Gasteiger partial charge on any atom is -0.484 e. The van der Waals surface area contributed by atoms with Gasteiger partial charge in [-0.1, -0.05) is 11.6 Å². The quantitative estimate of drug-likeness (QED) is 0.623. The summed E-state index contributed by atoms with van der Waals surface area (Å²) >= 11 is 6.15. The number of benzene rings is 1. The molecule has 1 atom stereocenters. The first-order chi connectivity index (χ1) is 14.0. The van der Waals surface area contributed by atoms with Crippen molar-refractivity contribution < 1.29 is 14.6 Å². The van der Waals surface area contributed by atoms with E-state index in [4.69, 9.17) is 16.3 Å². The number of ether oxygens (including phenoxy) is 1. The van der Waals surface area contributed by atoms with Crippen molar-refractivity contribution in [3.8, 4) is 11.8 Å². The molecule has 1 aromatic carbocycles. The van der Waals surface area contributed by atoms with Crippen LogP contribution in [0, 0.1) is 11.3 Å². The molecule has 2 aliphatic rings. The number of rotatable bonds is 3. The fraction of sp³-hybridized carbons (Fsp3) is 0.333. The summed E-state index contributed by atoms with van der Waals surface area (Å²) in [4.78, 5) is 16.0.